The van der Waals surface area contributed by atoms with Crippen LogP contribution in [-0.2, 0) is 16.6 Å². The maximum atomic E-state index is 12.0. The van der Waals surface area contributed by atoms with Crippen molar-refractivity contribution < 1.29 is 14.7 Å². The number of aromatic nitrogens is 2. The second-order valence-electron chi connectivity index (χ2n) is 4.62. The zero-order valence-electron chi connectivity index (χ0n) is 10.5. The molecule has 0 spiro atoms. The second-order valence-corrected chi connectivity index (χ2v) is 4.62. The van der Waals surface area contributed by atoms with Gasteiger partial charge < -0.3 is 16.2 Å². The average Bonchev–Trinajstić information content (AvgIpc) is 2.94. The van der Waals surface area contributed by atoms with E-state index in [4.69, 9.17) is 5.73 Å². The predicted molar refractivity (Wildman–Crippen MR) is 66.9 cm³/mol. The van der Waals surface area contributed by atoms with Crippen molar-refractivity contribution in [3.05, 3.63) is 30.1 Å². The molecule has 1 amide bonds. The SMILES string of the molecule is Cn1cc(C(NC(=O)C2C=CC(N)C2)C(=O)O)cn1. The zero-order valence-corrected chi connectivity index (χ0v) is 10.5. The van der Waals surface area contributed by atoms with E-state index >= 15 is 0 Å². The number of nitrogens with two attached hydrogens (primary N) is 1. The van der Waals surface area contributed by atoms with Crippen LogP contribution >= 0.6 is 0 Å². The van der Waals surface area contributed by atoms with E-state index in [1.165, 1.54) is 10.9 Å². The van der Waals surface area contributed by atoms with Crippen LogP contribution in [0.15, 0.2) is 24.5 Å². The normalized spacial score (nSPS) is 23.3. The number of hydrogen-bond donors (Lipinski definition) is 3. The highest BCUT2D eigenvalue weighted by Gasteiger charge is 2.28. The Balaban J connectivity index is 2.07. The number of aliphatic carboxylic acids is 1. The molecule has 4 N–H and O–H groups in total. The minimum Gasteiger partial charge on any atom is -0.479 e. The Hall–Kier alpha value is -2.15. The highest BCUT2D eigenvalue weighted by atomic mass is 16.4. The van der Waals surface area contributed by atoms with Gasteiger partial charge in [0.1, 0.15) is 0 Å². The van der Waals surface area contributed by atoms with E-state index in [1.807, 2.05) is 0 Å². The van der Waals surface area contributed by atoms with Gasteiger partial charge in [0.15, 0.2) is 6.04 Å². The lowest BCUT2D eigenvalue weighted by Gasteiger charge is -2.16. The largest absolute Gasteiger partial charge is 0.479 e. The predicted octanol–water partition coefficient (Wildman–Crippen LogP) is -0.435. The Morgan fingerprint density at radius 1 is 1.58 bits per heavy atom. The van der Waals surface area contributed by atoms with Crippen molar-refractivity contribution in [3.63, 3.8) is 0 Å². The number of aryl methyl sites for hydroxylation is 1. The number of nitrogens with zero attached hydrogens (tertiary/aromatic N) is 2. The van der Waals surface area contributed by atoms with Gasteiger partial charge in [-0.3, -0.25) is 9.48 Å². The Labute approximate surface area is 110 Å². The fraction of sp³-hybridized carbons (Fsp3) is 0.417. The Morgan fingerprint density at radius 2 is 2.32 bits per heavy atom. The smallest absolute Gasteiger partial charge is 0.331 e. The molecule has 0 fully saturated rings. The number of hydrogen-bond acceptors (Lipinski definition) is 4. The molecule has 3 atom stereocenters. The molecular weight excluding hydrogens is 248 g/mol. The summed E-state index contributed by atoms with van der Waals surface area (Å²) in [6.45, 7) is 0. The number of amides is 1. The molecule has 3 unspecified atom stereocenters. The second kappa shape index (κ2) is 5.23. The Bertz CT molecular complexity index is 523. The lowest BCUT2D eigenvalue weighted by molar-refractivity contribution is -0.142. The molecule has 7 heteroatoms. The lowest BCUT2D eigenvalue weighted by Crippen LogP contribution is -2.37. The molecular formula is C12H16N4O3. The fourth-order valence-corrected chi connectivity index (χ4v) is 2.05. The first-order valence-corrected chi connectivity index (χ1v) is 5.93. The molecule has 19 heavy (non-hydrogen) atoms. The number of nitrogens with one attached hydrogen (secondary N) is 1. The van der Waals surface area contributed by atoms with Gasteiger partial charge in [-0.05, 0) is 6.42 Å². The molecule has 1 aromatic rings. The van der Waals surface area contributed by atoms with Gasteiger partial charge in [-0.15, -0.1) is 0 Å². The van der Waals surface area contributed by atoms with Crippen molar-refractivity contribution >= 4 is 11.9 Å². The minimum absolute atomic E-state index is 0.141. The fourth-order valence-electron chi connectivity index (χ4n) is 2.05. The van der Waals surface area contributed by atoms with E-state index in [0.717, 1.165) is 0 Å². The van der Waals surface area contributed by atoms with Crippen LogP contribution in [0, 0.1) is 5.92 Å². The quantitative estimate of drug-likeness (QED) is 0.639. The molecule has 0 saturated heterocycles. The van der Waals surface area contributed by atoms with E-state index in [0.29, 0.717) is 12.0 Å². The third-order valence-electron chi connectivity index (χ3n) is 3.05. The number of rotatable bonds is 4. The highest BCUT2D eigenvalue weighted by molar-refractivity contribution is 5.87. The van der Waals surface area contributed by atoms with Crippen LogP contribution in [0.4, 0.5) is 0 Å². The molecule has 2 rings (SSSR count). The summed E-state index contributed by atoms with van der Waals surface area (Å²) in [5.74, 6) is -1.82. The molecule has 0 radical (unpaired) electrons. The minimum atomic E-state index is -1.12. The molecule has 1 aromatic heterocycles. The van der Waals surface area contributed by atoms with Gasteiger partial charge in [0.05, 0.1) is 12.1 Å². The summed E-state index contributed by atoms with van der Waals surface area (Å²) >= 11 is 0. The number of carboxylic acids is 1. The van der Waals surface area contributed by atoms with Gasteiger partial charge in [0.2, 0.25) is 5.91 Å². The van der Waals surface area contributed by atoms with Crippen LogP contribution in [0.5, 0.6) is 0 Å². The van der Waals surface area contributed by atoms with Gasteiger partial charge in [0.25, 0.3) is 0 Å². The molecule has 102 valence electrons. The molecule has 0 aromatic carbocycles. The van der Waals surface area contributed by atoms with Gasteiger partial charge in [-0.2, -0.15) is 5.10 Å². The van der Waals surface area contributed by atoms with Crippen LogP contribution < -0.4 is 11.1 Å². The first-order chi connectivity index (χ1) is 8.97. The molecule has 0 saturated carbocycles. The average molecular weight is 264 g/mol. The van der Waals surface area contributed by atoms with E-state index < -0.39 is 12.0 Å². The number of carbonyl (C=O) groups excluding carboxylic acids is 1. The number of carbonyl (C=O) groups is 2. The summed E-state index contributed by atoms with van der Waals surface area (Å²) < 4.78 is 1.49. The molecule has 0 aliphatic heterocycles. The van der Waals surface area contributed by atoms with E-state index in [2.05, 4.69) is 10.4 Å². The van der Waals surface area contributed by atoms with Crippen molar-refractivity contribution in [2.75, 3.05) is 0 Å². The maximum Gasteiger partial charge on any atom is 0.331 e. The molecule has 1 aliphatic rings. The van der Waals surface area contributed by atoms with Crippen molar-refractivity contribution in [3.8, 4) is 0 Å². The van der Waals surface area contributed by atoms with Crippen LogP contribution in [0.1, 0.15) is 18.0 Å². The van der Waals surface area contributed by atoms with Gasteiger partial charge in [0, 0.05) is 24.8 Å². The Morgan fingerprint density at radius 3 is 2.79 bits per heavy atom. The van der Waals surface area contributed by atoms with Gasteiger partial charge >= 0.3 is 5.97 Å². The third-order valence-corrected chi connectivity index (χ3v) is 3.05. The van der Waals surface area contributed by atoms with Crippen LogP contribution in [0.3, 0.4) is 0 Å². The summed E-state index contributed by atoms with van der Waals surface area (Å²) in [7, 11) is 1.68. The van der Waals surface area contributed by atoms with E-state index in [1.54, 1.807) is 25.4 Å². The molecule has 7 nitrogen and oxygen atoms in total. The maximum absolute atomic E-state index is 12.0. The van der Waals surface area contributed by atoms with Gasteiger partial charge in [-0.1, -0.05) is 12.2 Å². The standard InChI is InChI=1S/C12H16N4O3/c1-16-6-8(5-14-16)10(12(18)19)15-11(17)7-2-3-9(13)4-7/h2-3,5-7,9-10H,4,13H2,1H3,(H,15,17)(H,18,19). The Kier molecular flexibility index (Phi) is 3.66. The monoisotopic (exact) mass is 264 g/mol. The first-order valence-electron chi connectivity index (χ1n) is 5.93. The molecule has 1 aliphatic carbocycles. The van der Waals surface area contributed by atoms with E-state index in [9.17, 15) is 14.7 Å². The summed E-state index contributed by atoms with van der Waals surface area (Å²) in [6, 6.07) is -1.23. The van der Waals surface area contributed by atoms with Crippen molar-refractivity contribution in [1.29, 1.82) is 0 Å². The summed E-state index contributed by atoms with van der Waals surface area (Å²) in [5, 5.41) is 15.6. The van der Waals surface area contributed by atoms with Crippen LogP contribution in [0.2, 0.25) is 0 Å². The third kappa shape index (κ3) is 3.00. The van der Waals surface area contributed by atoms with Crippen molar-refractivity contribution in [2.45, 2.75) is 18.5 Å². The topological polar surface area (TPSA) is 110 Å². The van der Waals surface area contributed by atoms with Crippen molar-refractivity contribution in [1.82, 2.24) is 15.1 Å². The summed E-state index contributed by atoms with van der Waals surface area (Å²) in [5.41, 5.74) is 6.11. The number of carboxylic acid groups (broad SMARTS) is 1. The highest BCUT2D eigenvalue weighted by Crippen LogP contribution is 2.19. The molecule has 0 bridgehead atoms. The van der Waals surface area contributed by atoms with Crippen molar-refractivity contribution in [2.24, 2.45) is 18.7 Å². The van der Waals surface area contributed by atoms with E-state index in [-0.39, 0.29) is 17.9 Å². The zero-order chi connectivity index (χ0) is 14.0. The van der Waals surface area contributed by atoms with Crippen LogP contribution in [0.25, 0.3) is 0 Å². The molecule has 1 heterocycles. The first kappa shape index (κ1) is 13.3. The summed E-state index contributed by atoms with van der Waals surface area (Å²) in [6.07, 6.45) is 6.96. The summed E-state index contributed by atoms with van der Waals surface area (Å²) in [4.78, 5) is 23.2. The lowest BCUT2D eigenvalue weighted by atomic mass is 10.1. The van der Waals surface area contributed by atoms with Crippen LogP contribution in [-0.4, -0.2) is 32.8 Å². The van der Waals surface area contributed by atoms with Gasteiger partial charge in [-0.25, -0.2) is 4.79 Å².